The highest BCUT2D eigenvalue weighted by Gasteiger charge is 2.02. The molecule has 1 aromatic rings. The fraction of sp³-hybridized carbons (Fsp3) is 0.385. The van der Waals surface area contributed by atoms with Crippen molar-refractivity contribution in [3.63, 3.8) is 0 Å². The lowest BCUT2D eigenvalue weighted by Crippen LogP contribution is -2.06. The van der Waals surface area contributed by atoms with Gasteiger partial charge in [-0.15, -0.1) is 12.3 Å². The summed E-state index contributed by atoms with van der Waals surface area (Å²) in [6.07, 6.45) is 6.83. The Morgan fingerprint density at radius 2 is 2.00 bits per heavy atom. The number of terminal acetylenes is 1. The number of aliphatic hydroxyl groups excluding tert-OH is 1. The van der Waals surface area contributed by atoms with Gasteiger partial charge >= 0.3 is 0 Å². The molecule has 74 valence electrons. The molecule has 1 unspecified atom stereocenters. The van der Waals surface area contributed by atoms with Gasteiger partial charge in [0.1, 0.15) is 0 Å². The first-order valence-electron chi connectivity index (χ1n) is 4.89. The van der Waals surface area contributed by atoms with E-state index in [0.29, 0.717) is 6.42 Å². The van der Waals surface area contributed by atoms with Gasteiger partial charge in [0, 0.05) is 6.42 Å². The lowest BCUT2D eigenvalue weighted by Gasteiger charge is -2.06. The quantitative estimate of drug-likeness (QED) is 0.719. The monoisotopic (exact) mass is 188 g/mol. The van der Waals surface area contributed by atoms with E-state index in [-0.39, 0.29) is 6.10 Å². The van der Waals surface area contributed by atoms with Gasteiger partial charge in [-0.1, -0.05) is 29.8 Å². The van der Waals surface area contributed by atoms with Gasteiger partial charge in [-0.3, -0.25) is 0 Å². The molecule has 0 bridgehead atoms. The van der Waals surface area contributed by atoms with Crippen molar-refractivity contribution < 1.29 is 5.11 Å². The second-order valence-electron chi connectivity index (χ2n) is 3.59. The molecule has 0 spiro atoms. The number of aryl methyl sites for hydroxylation is 2. The van der Waals surface area contributed by atoms with Crippen molar-refractivity contribution >= 4 is 0 Å². The Labute approximate surface area is 85.8 Å². The molecule has 0 aromatic heterocycles. The van der Waals surface area contributed by atoms with Gasteiger partial charge in [0.25, 0.3) is 0 Å². The predicted molar refractivity (Wildman–Crippen MR) is 59.0 cm³/mol. The van der Waals surface area contributed by atoms with Crippen LogP contribution in [0.15, 0.2) is 24.3 Å². The van der Waals surface area contributed by atoms with Crippen LogP contribution in [0, 0.1) is 19.3 Å². The van der Waals surface area contributed by atoms with E-state index in [2.05, 4.69) is 37.1 Å². The van der Waals surface area contributed by atoms with Crippen LogP contribution in [0.4, 0.5) is 0 Å². The second-order valence-corrected chi connectivity index (χ2v) is 3.59. The summed E-state index contributed by atoms with van der Waals surface area (Å²) < 4.78 is 0. The van der Waals surface area contributed by atoms with Crippen LogP contribution in [0.3, 0.4) is 0 Å². The van der Waals surface area contributed by atoms with Gasteiger partial charge in [0.15, 0.2) is 0 Å². The van der Waals surface area contributed by atoms with Crippen LogP contribution in [0.5, 0.6) is 0 Å². The molecule has 0 aliphatic heterocycles. The first-order valence-corrected chi connectivity index (χ1v) is 4.89. The fourth-order valence-corrected chi connectivity index (χ4v) is 1.33. The number of rotatable bonds is 4. The standard InChI is InChI=1S/C13H16O/c1-3-4-13(14)10-9-12-7-5-11(2)6-8-12/h1,5-8,13-14H,4,9-10H2,2H3. The Kier molecular flexibility index (Phi) is 4.22. The summed E-state index contributed by atoms with van der Waals surface area (Å²) >= 11 is 0. The highest BCUT2D eigenvalue weighted by Crippen LogP contribution is 2.08. The molecule has 0 saturated carbocycles. The van der Waals surface area contributed by atoms with Crippen LogP contribution in [0.25, 0.3) is 0 Å². The summed E-state index contributed by atoms with van der Waals surface area (Å²) in [6, 6.07) is 8.36. The third-order valence-corrected chi connectivity index (χ3v) is 2.24. The van der Waals surface area contributed by atoms with E-state index >= 15 is 0 Å². The minimum absolute atomic E-state index is 0.360. The van der Waals surface area contributed by atoms with Crippen molar-refractivity contribution in [2.75, 3.05) is 0 Å². The summed E-state index contributed by atoms with van der Waals surface area (Å²) in [5.74, 6) is 2.46. The van der Waals surface area contributed by atoms with Gasteiger partial charge < -0.3 is 5.11 Å². The van der Waals surface area contributed by atoms with Crippen molar-refractivity contribution in [1.29, 1.82) is 0 Å². The van der Waals surface area contributed by atoms with E-state index in [0.717, 1.165) is 12.8 Å². The second kappa shape index (κ2) is 5.47. The summed E-state index contributed by atoms with van der Waals surface area (Å²) in [7, 11) is 0. The van der Waals surface area contributed by atoms with Gasteiger partial charge in [0.05, 0.1) is 6.10 Å². The zero-order chi connectivity index (χ0) is 10.4. The third kappa shape index (κ3) is 3.64. The van der Waals surface area contributed by atoms with Crippen LogP contribution < -0.4 is 0 Å². The van der Waals surface area contributed by atoms with Crippen molar-refractivity contribution in [3.8, 4) is 12.3 Å². The molecular weight excluding hydrogens is 172 g/mol. The molecule has 1 atom stereocenters. The molecular formula is C13H16O. The highest BCUT2D eigenvalue weighted by molar-refractivity contribution is 5.21. The van der Waals surface area contributed by atoms with E-state index in [1.54, 1.807) is 0 Å². The van der Waals surface area contributed by atoms with Crippen LogP contribution in [-0.4, -0.2) is 11.2 Å². The SMILES string of the molecule is C#CCC(O)CCc1ccc(C)cc1. The Hall–Kier alpha value is -1.26. The molecule has 1 N–H and O–H groups in total. The molecule has 1 aromatic carbocycles. The first-order chi connectivity index (χ1) is 6.72. The molecule has 0 fully saturated rings. The minimum atomic E-state index is -0.360. The zero-order valence-electron chi connectivity index (χ0n) is 8.53. The lowest BCUT2D eigenvalue weighted by molar-refractivity contribution is 0.170. The topological polar surface area (TPSA) is 20.2 Å². The lowest BCUT2D eigenvalue weighted by atomic mass is 10.0. The molecule has 0 amide bonds. The predicted octanol–water partition coefficient (Wildman–Crippen LogP) is 2.31. The average molecular weight is 188 g/mol. The van der Waals surface area contributed by atoms with Crippen LogP contribution >= 0.6 is 0 Å². The molecule has 0 aliphatic carbocycles. The Morgan fingerprint density at radius 3 is 2.57 bits per heavy atom. The van der Waals surface area contributed by atoms with Crippen molar-refractivity contribution in [2.24, 2.45) is 0 Å². The molecule has 0 aliphatic rings. The van der Waals surface area contributed by atoms with Crippen molar-refractivity contribution in [3.05, 3.63) is 35.4 Å². The summed E-state index contributed by atoms with van der Waals surface area (Å²) in [4.78, 5) is 0. The number of hydrogen-bond acceptors (Lipinski definition) is 1. The highest BCUT2D eigenvalue weighted by atomic mass is 16.3. The zero-order valence-corrected chi connectivity index (χ0v) is 8.53. The van der Waals surface area contributed by atoms with Crippen molar-refractivity contribution in [1.82, 2.24) is 0 Å². The summed E-state index contributed by atoms with van der Waals surface area (Å²) in [5.41, 5.74) is 2.52. The Bertz CT molecular complexity index is 305. The molecule has 1 heteroatoms. The maximum atomic E-state index is 9.42. The molecule has 0 radical (unpaired) electrons. The smallest absolute Gasteiger partial charge is 0.0652 e. The normalized spacial score (nSPS) is 12.1. The van der Waals surface area contributed by atoms with E-state index in [1.807, 2.05) is 0 Å². The Balaban J connectivity index is 2.39. The van der Waals surface area contributed by atoms with E-state index in [9.17, 15) is 5.11 Å². The van der Waals surface area contributed by atoms with Crippen LogP contribution in [-0.2, 0) is 6.42 Å². The van der Waals surface area contributed by atoms with Gasteiger partial charge in [-0.05, 0) is 25.3 Å². The first kappa shape index (κ1) is 10.8. The van der Waals surface area contributed by atoms with Crippen molar-refractivity contribution in [2.45, 2.75) is 32.3 Å². The number of benzene rings is 1. The fourth-order valence-electron chi connectivity index (χ4n) is 1.33. The minimum Gasteiger partial charge on any atom is -0.392 e. The van der Waals surface area contributed by atoms with Gasteiger partial charge in [-0.25, -0.2) is 0 Å². The van der Waals surface area contributed by atoms with E-state index in [4.69, 9.17) is 6.42 Å². The third-order valence-electron chi connectivity index (χ3n) is 2.24. The summed E-state index contributed by atoms with van der Waals surface area (Å²) in [6.45, 7) is 2.07. The van der Waals surface area contributed by atoms with Gasteiger partial charge in [0.2, 0.25) is 0 Å². The molecule has 0 saturated heterocycles. The molecule has 1 nitrogen and oxygen atoms in total. The van der Waals surface area contributed by atoms with E-state index < -0.39 is 0 Å². The maximum Gasteiger partial charge on any atom is 0.0652 e. The average Bonchev–Trinajstić information content (AvgIpc) is 2.17. The Morgan fingerprint density at radius 1 is 1.36 bits per heavy atom. The number of hydrogen-bond donors (Lipinski definition) is 1. The number of aliphatic hydroxyl groups is 1. The van der Waals surface area contributed by atoms with Crippen LogP contribution in [0.1, 0.15) is 24.0 Å². The van der Waals surface area contributed by atoms with Gasteiger partial charge in [-0.2, -0.15) is 0 Å². The largest absolute Gasteiger partial charge is 0.392 e. The van der Waals surface area contributed by atoms with E-state index in [1.165, 1.54) is 11.1 Å². The van der Waals surface area contributed by atoms with Crippen LogP contribution in [0.2, 0.25) is 0 Å². The molecule has 1 rings (SSSR count). The molecule has 14 heavy (non-hydrogen) atoms. The summed E-state index contributed by atoms with van der Waals surface area (Å²) in [5, 5.41) is 9.42. The molecule has 0 heterocycles. The maximum absolute atomic E-state index is 9.42.